The minimum atomic E-state index is -0.969. The number of nitro benzene ring substituents is 1. The molecule has 0 spiro atoms. The van der Waals surface area contributed by atoms with E-state index in [0.717, 1.165) is 0 Å². The fourth-order valence-corrected chi connectivity index (χ4v) is 1.74. The van der Waals surface area contributed by atoms with Crippen molar-refractivity contribution in [3.63, 3.8) is 0 Å². The summed E-state index contributed by atoms with van der Waals surface area (Å²) in [6, 6.07) is 3.64. The predicted octanol–water partition coefficient (Wildman–Crippen LogP) is 2.14. The molecule has 0 fully saturated rings. The van der Waals surface area contributed by atoms with E-state index in [0.29, 0.717) is 17.7 Å². The van der Waals surface area contributed by atoms with Gasteiger partial charge in [-0.3, -0.25) is 14.9 Å². The Morgan fingerprint density at radius 2 is 2.10 bits per heavy atom. The number of nitro groups is 1. The number of aryl methyl sites for hydroxylation is 1. The van der Waals surface area contributed by atoms with Gasteiger partial charge in [-0.25, -0.2) is 4.79 Å². The lowest BCUT2D eigenvalue weighted by Gasteiger charge is -2.12. The zero-order chi connectivity index (χ0) is 16.0. The van der Waals surface area contributed by atoms with Crippen molar-refractivity contribution < 1.29 is 19.6 Å². The van der Waals surface area contributed by atoms with Gasteiger partial charge in [0.1, 0.15) is 0 Å². The van der Waals surface area contributed by atoms with Crippen molar-refractivity contribution in [1.29, 1.82) is 0 Å². The molecule has 0 saturated heterocycles. The molecule has 1 unspecified atom stereocenters. The Kier molecular flexibility index (Phi) is 5.65. The molecular formula is C13H17N3O5. The average molecular weight is 295 g/mol. The first-order valence-electron chi connectivity index (χ1n) is 6.37. The number of carbonyl (C=O) groups excluding carboxylic acids is 1. The number of amides is 2. The van der Waals surface area contributed by atoms with Gasteiger partial charge in [0.2, 0.25) is 0 Å². The van der Waals surface area contributed by atoms with Gasteiger partial charge >= 0.3 is 12.0 Å². The normalized spacial score (nSPS) is 11.5. The second-order valence-electron chi connectivity index (χ2n) is 4.54. The Morgan fingerprint density at radius 3 is 2.57 bits per heavy atom. The largest absolute Gasteiger partial charge is 0.481 e. The summed E-state index contributed by atoms with van der Waals surface area (Å²) in [5.41, 5.74) is 0.798. The maximum atomic E-state index is 11.6. The van der Waals surface area contributed by atoms with Crippen LogP contribution in [0, 0.1) is 23.0 Å². The summed E-state index contributed by atoms with van der Waals surface area (Å²) in [5.74, 6) is -1.61. The summed E-state index contributed by atoms with van der Waals surface area (Å²) in [7, 11) is 0. The first kappa shape index (κ1) is 16.4. The summed E-state index contributed by atoms with van der Waals surface area (Å²) < 4.78 is 0. The van der Waals surface area contributed by atoms with Crippen LogP contribution in [0.4, 0.5) is 16.2 Å². The molecule has 0 aromatic heterocycles. The lowest BCUT2D eigenvalue weighted by molar-refractivity contribution is -0.385. The molecule has 0 radical (unpaired) electrons. The van der Waals surface area contributed by atoms with Gasteiger partial charge < -0.3 is 15.7 Å². The minimum Gasteiger partial charge on any atom is -0.481 e. The van der Waals surface area contributed by atoms with Crippen LogP contribution in [-0.2, 0) is 4.79 Å². The van der Waals surface area contributed by atoms with Crippen LogP contribution in [0.1, 0.15) is 18.9 Å². The number of anilines is 1. The van der Waals surface area contributed by atoms with E-state index in [1.165, 1.54) is 18.2 Å². The van der Waals surface area contributed by atoms with Gasteiger partial charge in [0.25, 0.3) is 5.69 Å². The van der Waals surface area contributed by atoms with Crippen molar-refractivity contribution in [2.45, 2.75) is 20.3 Å². The molecule has 0 heterocycles. The Morgan fingerprint density at radius 1 is 1.43 bits per heavy atom. The summed E-state index contributed by atoms with van der Waals surface area (Å²) in [6.07, 6.45) is 0.409. The van der Waals surface area contributed by atoms with Crippen LogP contribution >= 0.6 is 0 Å². The zero-order valence-electron chi connectivity index (χ0n) is 11.8. The van der Waals surface area contributed by atoms with Crippen LogP contribution < -0.4 is 10.6 Å². The van der Waals surface area contributed by atoms with Crippen molar-refractivity contribution in [3.05, 3.63) is 33.9 Å². The molecule has 0 bridgehead atoms. The van der Waals surface area contributed by atoms with E-state index >= 15 is 0 Å². The highest BCUT2D eigenvalue weighted by Crippen LogP contribution is 2.21. The molecule has 3 N–H and O–H groups in total. The Hall–Kier alpha value is -2.64. The second-order valence-corrected chi connectivity index (χ2v) is 4.54. The maximum Gasteiger partial charge on any atom is 0.319 e. The number of benzene rings is 1. The Bertz CT molecular complexity index is 559. The van der Waals surface area contributed by atoms with Crippen molar-refractivity contribution in [2.24, 2.45) is 5.92 Å². The van der Waals surface area contributed by atoms with Crippen LogP contribution in [-0.4, -0.2) is 28.6 Å². The number of hydrogen-bond donors (Lipinski definition) is 3. The van der Waals surface area contributed by atoms with Gasteiger partial charge in [-0.05, 0) is 25.5 Å². The number of urea groups is 1. The van der Waals surface area contributed by atoms with Gasteiger partial charge in [-0.2, -0.15) is 0 Å². The predicted molar refractivity (Wildman–Crippen MR) is 76.3 cm³/mol. The van der Waals surface area contributed by atoms with Crippen LogP contribution in [0.3, 0.4) is 0 Å². The molecule has 1 atom stereocenters. The molecule has 0 saturated carbocycles. The molecular weight excluding hydrogens is 278 g/mol. The van der Waals surface area contributed by atoms with Crippen molar-refractivity contribution in [1.82, 2.24) is 5.32 Å². The lowest BCUT2D eigenvalue weighted by atomic mass is 10.1. The Balaban J connectivity index is 2.61. The molecule has 1 rings (SSSR count). The average Bonchev–Trinajstić information content (AvgIpc) is 2.38. The fourth-order valence-electron chi connectivity index (χ4n) is 1.74. The van der Waals surface area contributed by atoms with Crippen LogP contribution in [0.15, 0.2) is 18.2 Å². The third-order valence-electron chi connectivity index (χ3n) is 3.00. The van der Waals surface area contributed by atoms with Crippen LogP contribution in [0.5, 0.6) is 0 Å². The van der Waals surface area contributed by atoms with E-state index in [1.807, 2.05) is 0 Å². The zero-order valence-corrected chi connectivity index (χ0v) is 11.8. The van der Waals surface area contributed by atoms with Crippen LogP contribution in [0.25, 0.3) is 0 Å². The second kappa shape index (κ2) is 7.22. The first-order chi connectivity index (χ1) is 9.85. The minimum absolute atomic E-state index is 0.0175. The molecule has 0 aliphatic carbocycles. The fraction of sp³-hybridized carbons (Fsp3) is 0.385. The van der Waals surface area contributed by atoms with Crippen molar-refractivity contribution in [2.75, 3.05) is 11.9 Å². The molecule has 2 amide bonds. The summed E-state index contributed by atoms with van der Waals surface area (Å²) in [6.45, 7) is 3.31. The van der Waals surface area contributed by atoms with E-state index in [1.54, 1.807) is 13.8 Å². The van der Waals surface area contributed by atoms with Crippen molar-refractivity contribution in [3.8, 4) is 0 Å². The smallest absolute Gasteiger partial charge is 0.319 e. The van der Waals surface area contributed by atoms with E-state index < -0.39 is 22.8 Å². The molecule has 0 aliphatic heterocycles. The van der Waals surface area contributed by atoms with E-state index in [4.69, 9.17) is 5.11 Å². The molecule has 114 valence electrons. The number of rotatable bonds is 6. The number of carbonyl (C=O) groups is 2. The molecule has 8 nitrogen and oxygen atoms in total. The highest BCUT2D eigenvalue weighted by Gasteiger charge is 2.16. The first-order valence-corrected chi connectivity index (χ1v) is 6.37. The summed E-state index contributed by atoms with van der Waals surface area (Å²) in [5, 5.41) is 24.5. The number of nitrogens with one attached hydrogen (secondary N) is 2. The molecule has 1 aromatic carbocycles. The molecule has 0 aliphatic rings. The van der Waals surface area contributed by atoms with E-state index in [9.17, 15) is 19.7 Å². The van der Waals surface area contributed by atoms with Gasteiger partial charge in [-0.1, -0.05) is 6.92 Å². The number of nitrogens with zero attached hydrogens (tertiary/aromatic N) is 1. The highest BCUT2D eigenvalue weighted by molar-refractivity contribution is 5.89. The molecule has 8 heteroatoms. The number of hydrogen-bond acceptors (Lipinski definition) is 4. The quantitative estimate of drug-likeness (QED) is 0.548. The van der Waals surface area contributed by atoms with Gasteiger partial charge in [0, 0.05) is 23.9 Å². The van der Waals surface area contributed by atoms with Gasteiger partial charge in [0.15, 0.2) is 0 Å². The summed E-state index contributed by atoms with van der Waals surface area (Å²) in [4.78, 5) is 32.6. The third-order valence-corrected chi connectivity index (χ3v) is 3.00. The molecule has 21 heavy (non-hydrogen) atoms. The number of carboxylic acids is 1. The van der Waals surface area contributed by atoms with Gasteiger partial charge in [0.05, 0.1) is 10.8 Å². The number of aliphatic carboxylic acids is 1. The van der Waals surface area contributed by atoms with E-state index in [-0.39, 0.29) is 12.2 Å². The monoisotopic (exact) mass is 295 g/mol. The van der Waals surface area contributed by atoms with Crippen molar-refractivity contribution >= 4 is 23.4 Å². The number of carboxylic acid groups (broad SMARTS) is 1. The maximum absolute atomic E-state index is 11.6. The topological polar surface area (TPSA) is 122 Å². The standard InChI is InChI=1S/C13H17N3O5/c1-3-9(12(17)18)7-14-13(19)15-10-4-5-11(16(20)21)8(2)6-10/h4-6,9H,3,7H2,1-2H3,(H,17,18)(H2,14,15,19). The third kappa shape index (κ3) is 4.75. The SMILES string of the molecule is CCC(CNC(=O)Nc1ccc([N+](=O)[O-])c(C)c1)C(=O)O. The summed E-state index contributed by atoms with van der Waals surface area (Å²) >= 11 is 0. The Labute approximate surface area is 121 Å². The lowest BCUT2D eigenvalue weighted by Crippen LogP contribution is -2.35. The van der Waals surface area contributed by atoms with Crippen LogP contribution in [0.2, 0.25) is 0 Å². The highest BCUT2D eigenvalue weighted by atomic mass is 16.6. The van der Waals surface area contributed by atoms with Gasteiger partial charge in [-0.15, -0.1) is 0 Å². The molecule has 1 aromatic rings. The van der Waals surface area contributed by atoms with E-state index in [2.05, 4.69) is 10.6 Å².